The molecule has 0 heterocycles. The molecule has 0 saturated carbocycles. The van der Waals surface area contributed by atoms with Gasteiger partial charge in [0, 0.05) is 12.5 Å². The minimum atomic E-state index is -2.67. The van der Waals surface area contributed by atoms with Crippen molar-refractivity contribution in [2.75, 3.05) is 25.0 Å². The van der Waals surface area contributed by atoms with E-state index in [1.54, 1.807) is 11.8 Å². The standard InChI is InChI=1S/C5H12.C3H8.C2H6O2S.C2H6S/c1-5(2,3)4;1-3-2;1-5(2,3)4;1-3-2/h1-4H3;3H2,1-2H3;1-2H3;1-2H3. The van der Waals surface area contributed by atoms with Gasteiger partial charge in [0.2, 0.25) is 0 Å². The van der Waals surface area contributed by atoms with Crippen LogP contribution in [0.25, 0.3) is 0 Å². The van der Waals surface area contributed by atoms with Crippen molar-refractivity contribution < 1.29 is 8.42 Å². The lowest BCUT2D eigenvalue weighted by Gasteiger charge is -2.05. The van der Waals surface area contributed by atoms with Crippen LogP contribution in [0.2, 0.25) is 0 Å². The van der Waals surface area contributed by atoms with Crippen LogP contribution in [0.3, 0.4) is 0 Å². The second-order valence-corrected chi connectivity index (χ2v) is 8.36. The van der Waals surface area contributed by atoms with E-state index in [-0.39, 0.29) is 0 Å². The fourth-order valence-corrected chi connectivity index (χ4v) is 0. The average molecular weight is 273 g/mol. The summed E-state index contributed by atoms with van der Waals surface area (Å²) in [6.45, 7) is 13.0. The molecule has 0 unspecified atom stereocenters. The van der Waals surface area contributed by atoms with Crippen molar-refractivity contribution in [2.45, 2.75) is 48.0 Å². The first kappa shape index (κ1) is 25.2. The van der Waals surface area contributed by atoms with Crippen molar-refractivity contribution in [3.05, 3.63) is 0 Å². The zero-order valence-corrected chi connectivity index (χ0v) is 14.5. The summed E-state index contributed by atoms with van der Waals surface area (Å²) in [5, 5.41) is 0. The molecule has 0 rings (SSSR count). The van der Waals surface area contributed by atoms with Crippen molar-refractivity contribution in [3.8, 4) is 0 Å². The van der Waals surface area contributed by atoms with Gasteiger partial charge >= 0.3 is 0 Å². The van der Waals surface area contributed by atoms with Crippen LogP contribution in [0.15, 0.2) is 0 Å². The molecule has 0 fully saturated rings. The molecule has 0 saturated heterocycles. The lowest BCUT2D eigenvalue weighted by atomic mass is 10.0. The Balaban J connectivity index is -0.0000000621. The molecule has 0 aromatic rings. The molecule has 4 heteroatoms. The molecule has 0 atom stereocenters. The van der Waals surface area contributed by atoms with E-state index in [1.165, 1.54) is 6.42 Å². The SMILES string of the molecule is CC(C)(C)C.CCC.CS(C)(=O)=O.CSC. The molecule has 0 amide bonds. The highest BCUT2D eigenvalue weighted by molar-refractivity contribution is 7.97. The predicted octanol–water partition coefficient (Wildman–Crippen LogP) is 4.11. The number of hydrogen-bond donors (Lipinski definition) is 0. The molecule has 0 aromatic carbocycles. The highest BCUT2D eigenvalue weighted by atomic mass is 32.2. The van der Waals surface area contributed by atoms with Gasteiger partial charge in [0.1, 0.15) is 9.84 Å². The Labute approximate surface area is 109 Å². The monoisotopic (exact) mass is 272 g/mol. The zero-order chi connectivity index (χ0) is 14.4. The molecule has 104 valence electrons. The molecule has 0 bridgehead atoms. The molecule has 0 spiro atoms. The first-order chi connectivity index (χ1) is 6.83. The van der Waals surface area contributed by atoms with E-state index in [9.17, 15) is 8.42 Å². The van der Waals surface area contributed by atoms with Gasteiger partial charge in [0.15, 0.2) is 0 Å². The molecule has 0 aliphatic heterocycles. The quantitative estimate of drug-likeness (QED) is 0.665. The van der Waals surface area contributed by atoms with Crippen molar-refractivity contribution in [3.63, 3.8) is 0 Å². The summed E-state index contributed by atoms with van der Waals surface area (Å²) in [5.74, 6) is 0. The summed E-state index contributed by atoms with van der Waals surface area (Å²) in [7, 11) is -2.67. The van der Waals surface area contributed by atoms with E-state index >= 15 is 0 Å². The highest BCUT2D eigenvalue weighted by Crippen LogP contribution is 2.08. The van der Waals surface area contributed by atoms with Crippen LogP contribution in [-0.2, 0) is 9.84 Å². The zero-order valence-electron chi connectivity index (χ0n) is 12.8. The van der Waals surface area contributed by atoms with Crippen LogP contribution in [0.1, 0.15) is 48.0 Å². The van der Waals surface area contributed by atoms with Gasteiger partial charge < -0.3 is 0 Å². The topological polar surface area (TPSA) is 34.1 Å². The number of sulfone groups is 1. The molecule has 0 aromatic heterocycles. The number of rotatable bonds is 0. The maximum atomic E-state index is 9.63. The fraction of sp³-hybridized carbons (Fsp3) is 1.00. The van der Waals surface area contributed by atoms with E-state index in [0.29, 0.717) is 5.41 Å². The van der Waals surface area contributed by atoms with Gasteiger partial charge in [-0.1, -0.05) is 48.0 Å². The normalized spacial score (nSPS) is 9.62. The van der Waals surface area contributed by atoms with E-state index in [2.05, 4.69) is 41.5 Å². The van der Waals surface area contributed by atoms with Crippen molar-refractivity contribution in [1.82, 2.24) is 0 Å². The lowest BCUT2D eigenvalue weighted by Crippen LogP contribution is -1.93. The van der Waals surface area contributed by atoms with Crippen LogP contribution in [-0.4, -0.2) is 33.4 Å². The summed E-state index contributed by atoms with van der Waals surface area (Å²) in [5.41, 5.74) is 0.500. The molecule has 16 heavy (non-hydrogen) atoms. The smallest absolute Gasteiger partial charge is 0.144 e. The van der Waals surface area contributed by atoms with Gasteiger partial charge in [0.25, 0.3) is 0 Å². The minimum absolute atomic E-state index is 0.500. The third-order valence-electron chi connectivity index (χ3n) is 0. The van der Waals surface area contributed by atoms with E-state index < -0.39 is 9.84 Å². The molecule has 0 aliphatic rings. The Morgan fingerprint density at radius 3 is 0.938 bits per heavy atom. The van der Waals surface area contributed by atoms with Crippen LogP contribution in [0.5, 0.6) is 0 Å². The van der Waals surface area contributed by atoms with Crippen LogP contribution in [0.4, 0.5) is 0 Å². The summed E-state index contributed by atoms with van der Waals surface area (Å²) in [6, 6.07) is 0. The second-order valence-electron chi connectivity index (χ2n) is 5.26. The summed E-state index contributed by atoms with van der Waals surface area (Å²) in [6.07, 6.45) is 7.65. The second kappa shape index (κ2) is 15.3. The molecular formula is C12H32O2S2. The molecule has 0 aliphatic carbocycles. The highest BCUT2D eigenvalue weighted by Gasteiger charge is 1.95. The van der Waals surface area contributed by atoms with Gasteiger partial charge in [-0.05, 0) is 17.9 Å². The van der Waals surface area contributed by atoms with Gasteiger partial charge in [0.05, 0.1) is 0 Å². The van der Waals surface area contributed by atoms with Crippen LogP contribution in [0, 0.1) is 5.41 Å². The van der Waals surface area contributed by atoms with Gasteiger partial charge in [-0.3, -0.25) is 0 Å². The van der Waals surface area contributed by atoms with E-state index in [0.717, 1.165) is 12.5 Å². The Morgan fingerprint density at radius 1 is 0.938 bits per heavy atom. The first-order valence-electron chi connectivity index (χ1n) is 5.38. The van der Waals surface area contributed by atoms with Gasteiger partial charge in [-0.2, -0.15) is 11.8 Å². The Bertz CT molecular complexity index is 174. The minimum Gasteiger partial charge on any atom is -0.229 e. The predicted molar refractivity (Wildman–Crippen MR) is 81.3 cm³/mol. The van der Waals surface area contributed by atoms with Gasteiger partial charge in [-0.25, -0.2) is 8.42 Å². The largest absolute Gasteiger partial charge is 0.229 e. The summed E-state index contributed by atoms with van der Waals surface area (Å²) >= 11 is 1.75. The molecule has 0 radical (unpaired) electrons. The third kappa shape index (κ3) is 28100. The fourth-order valence-electron chi connectivity index (χ4n) is 0. The van der Waals surface area contributed by atoms with E-state index in [4.69, 9.17) is 0 Å². The maximum absolute atomic E-state index is 9.63. The van der Waals surface area contributed by atoms with Crippen molar-refractivity contribution in [1.29, 1.82) is 0 Å². The molecule has 0 N–H and O–H groups in total. The van der Waals surface area contributed by atoms with Crippen molar-refractivity contribution in [2.24, 2.45) is 5.41 Å². The van der Waals surface area contributed by atoms with Crippen LogP contribution >= 0.6 is 11.8 Å². The lowest BCUT2D eigenvalue weighted by molar-refractivity contribution is 0.469. The third-order valence-corrected chi connectivity index (χ3v) is 0. The number of thioether (sulfide) groups is 1. The maximum Gasteiger partial charge on any atom is 0.144 e. The Hall–Kier alpha value is 0.300. The molecule has 2 nitrogen and oxygen atoms in total. The van der Waals surface area contributed by atoms with Crippen LogP contribution < -0.4 is 0 Å². The van der Waals surface area contributed by atoms with Crippen molar-refractivity contribution >= 4 is 21.6 Å². The van der Waals surface area contributed by atoms with E-state index in [1.807, 2.05) is 12.5 Å². The van der Waals surface area contributed by atoms with Gasteiger partial charge in [-0.15, -0.1) is 0 Å². The average Bonchev–Trinajstić information content (AvgIpc) is 1.79. The first-order valence-corrected chi connectivity index (χ1v) is 9.31. The Morgan fingerprint density at radius 2 is 0.938 bits per heavy atom. The summed E-state index contributed by atoms with van der Waals surface area (Å²) in [4.78, 5) is 0. The Kier molecular flexibility index (Phi) is 24.1. The number of hydrogen-bond acceptors (Lipinski definition) is 3. The molecular weight excluding hydrogens is 240 g/mol. The summed E-state index contributed by atoms with van der Waals surface area (Å²) < 4.78 is 19.3.